The zero-order valence-electron chi connectivity index (χ0n) is 11.9. The van der Waals surface area contributed by atoms with E-state index < -0.39 is 0 Å². The van der Waals surface area contributed by atoms with Gasteiger partial charge in [-0.3, -0.25) is 0 Å². The highest BCUT2D eigenvalue weighted by atomic mass is 79.9. The molecule has 0 aliphatic carbocycles. The average molecular weight is 337 g/mol. The van der Waals surface area contributed by atoms with Crippen molar-refractivity contribution >= 4 is 15.9 Å². The van der Waals surface area contributed by atoms with E-state index >= 15 is 0 Å². The Hall–Kier alpha value is -1.35. The van der Waals surface area contributed by atoms with Crippen LogP contribution in [0.5, 0.6) is 11.5 Å². The average Bonchev–Trinajstić information content (AvgIpc) is 2.40. The monoisotopic (exact) mass is 336 g/mol. The number of alkyl halides is 1. The van der Waals surface area contributed by atoms with Crippen LogP contribution in [0.25, 0.3) is 0 Å². The Balaban J connectivity index is 2.22. The van der Waals surface area contributed by atoms with Gasteiger partial charge >= 0.3 is 0 Å². The van der Waals surface area contributed by atoms with E-state index in [0.717, 1.165) is 11.3 Å². The molecule has 0 N–H and O–H groups in total. The third-order valence-electron chi connectivity index (χ3n) is 3.11. The van der Waals surface area contributed by atoms with Gasteiger partial charge in [0.15, 0.2) is 0 Å². The van der Waals surface area contributed by atoms with Gasteiger partial charge in [0.25, 0.3) is 0 Å². The first kappa shape index (κ1) is 15.0. The predicted molar refractivity (Wildman–Crippen MR) is 84.2 cm³/mol. The van der Waals surface area contributed by atoms with Crippen molar-refractivity contribution in [3.63, 3.8) is 0 Å². The van der Waals surface area contributed by atoms with Crippen LogP contribution in [0.3, 0.4) is 0 Å². The number of hydrogen-bond acceptors (Lipinski definition) is 1. The first-order valence-corrected chi connectivity index (χ1v) is 7.65. The predicted octanol–water partition coefficient (Wildman–Crippen LogP) is 5.81. The van der Waals surface area contributed by atoms with Crippen LogP contribution in [0.4, 0.5) is 4.39 Å². The van der Waals surface area contributed by atoms with Crippen molar-refractivity contribution in [3.8, 4) is 11.5 Å². The summed E-state index contributed by atoms with van der Waals surface area (Å²) in [6, 6.07) is 12.6. The van der Waals surface area contributed by atoms with Gasteiger partial charge in [-0.15, -0.1) is 0 Å². The van der Waals surface area contributed by atoms with Crippen molar-refractivity contribution in [2.75, 3.05) is 0 Å². The van der Waals surface area contributed by atoms with E-state index in [1.165, 1.54) is 17.7 Å². The van der Waals surface area contributed by atoms with Crippen LogP contribution in [-0.2, 0) is 10.7 Å². The lowest BCUT2D eigenvalue weighted by atomic mass is 9.87. The minimum absolute atomic E-state index is 0.120. The van der Waals surface area contributed by atoms with Gasteiger partial charge < -0.3 is 4.74 Å². The summed E-state index contributed by atoms with van der Waals surface area (Å²) < 4.78 is 19.0. The molecule has 0 spiro atoms. The molecule has 0 saturated carbocycles. The molecule has 2 rings (SSSR count). The molecule has 0 unspecified atom stereocenters. The SMILES string of the molecule is CC(C)(C)c1ccc(Oc2ccc(F)cc2CBr)cc1. The lowest BCUT2D eigenvalue weighted by molar-refractivity contribution is 0.475. The first-order chi connectivity index (χ1) is 9.40. The zero-order chi connectivity index (χ0) is 14.8. The third kappa shape index (κ3) is 3.60. The molecule has 0 amide bonds. The minimum atomic E-state index is -0.255. The second kappa shape index (κ2) is 5.96. The molecule has 2 aromatic carbocycles. The second-order valence-electron chi connectivity index (χ2n) is 5.76. The van der Waals surface area contributed by atoms with Crippen molar-refractivity contribution < 1.29 is 9.13 Å². The van der Waals surface area contributed by atoms with Crippen molar-refractivity contribution in [2.45, 2.75) is 31.5 Å². The van der Waals surface area contributed by atoms with Crippen LogP contribution < -0.4 is 4.74 Å². The van der Waals surface area contributed by atoms with Gasteiger partial charge in [0.1, 0.15) is 17.3 Å². The van der Waals surface area contributed by atoms with Gasteiger partial charge in [0.2, 0.25) is 0 Å². The molecular weight excluding hydrogens is 319 g/mol. The summed E-state index contributed by atoms with van der Waals surface area (Å²) in [6.45, 7) is 6.52. The summed E-state index contributed by atoms with van der Waals surface area (Å²) >= 11 is 3.35. The fourth-order valence-electron chi connectivity index (χ4n) is 1.90. The lowest BCUT2D eigenvalue weighted by Crippen LogP contribution is -2.10. The molecule has 20 heavy (non-hydrogen) atoms. The third-order valence-corrected chi connectivity index (χ3v) is 3.72. The highest BCUT2D eigenvalue weighted by Crippen LogP contribution is 2.30. The Bertz CT molecular complexity index is 585. The van der Waals surface area contributed by atoms with Crippen LogP contribution in [0.15, 0.2) is 42.5 Å². The van der Waals surface area contributed by atoms with Crippen LogP contribution in [0.1, 0.15) is 31.9 Å². The molecule has 0 aliphatic rings. The van der Waals surface area contributed by atoms with E-state index in [4.69, 9.17) is 4.74 Å². The Labute approximate surface area is 127 Å². The molecule has 0 bridgehead atoms. The maximum atomic E-state index is 13.2. The first-order valence-electron chi connectivity index (χ1n) is 6.53. The molecule has 0 saturated heterocycles. The molecule has 0 atom stereocenters. The number of ether oxygens (including phenoxy) is 1. The van der Waals surface area contributed by atoms with Crippen molar-refractivity contribution in [1.82, 2.24) is 0 Å². The van der Waals surface area contributed by atoms with Crippen LogP contribution >= 0.6 is 15.9 Å². The number of hydrogen-bond donors (Lipinski definition) is 0. The van der Waals surface area contributed by atoms with E-state index in [9.17, 15) is 4.39 Å². The van der Waals surface area contributed by atoms with E-state index in [0.29, 0.717) is 11.1 Å². The van der Waals surface area contributed by atoms with Gasteiger partial charge in [-0.1, -0.05) is 48.8 Å². The molecule has 106 valence electrons. The summed E-state index contributed by atoms with van der Waals surface area (Å²) in [4.78, 5) is 0. The van der Waals surface area contributed by atoms with Crippen LogP contribution in [-0.4, -0.2) is 0 Å². The largest absolute Gasteiger partial charge is 0.457 e. The Morgan fingerprint density at radius 1 is 1.05 bits per heavy atom. The van der Waals surface area contributed by atoms with Gasteiger partial charge in [0, 0.05) is 10.9 Å². The molecule has 0 fully saturated rings. The van der Waals surface area contributed by atoms with Crippen molar-refractivity contribution in [2.24, 2.45) is 0 Å². The number of halogens is 2. The quantitative estimate of drug-likeness (QED) is 0.642. The number of benzene rings is 2. The van der Waals surface area contributed by atoms with Crippen molar-refractivity contribution in [1.29, 1.82) is 0 Å². The van der Waals surface area contributed by atoms with Crippen molar-refractivity contribution in [3.05, 3.63) is 59.4 Å². The molecule has 0 heterocycles. The highest BCUT2D eigenvalue weighted by Gasteiger charge is 2.13. The summed E-state index contributed by atoms with van der Waals surface area (Å²) in [5.74, 6) is 1.17. The maximum absolute atomic E-state index is 13.2. The Morgan fingerprint density at radius 2 is 1.70 bits per heavy atom. The standard InChI is InChI=1S/C17H18BrFO/c1-17(2,3)13-4-7-15(8-5-13)20-16-9-6-14(19)10-12(16)11-18/h4-10H,11H2,1-3H3. The molecule has 0 radical (unpaired) electrons. The van der Waals surface area contributed by atoms with Gasteiger partial charge in [0.05, 0.1) is 0 Å². The normalized spacial score (nSPS) is 11.4. The fourth-order valence-corrected chi connectivity index (χ4v) is 2.34. The van der Waals surface area contributed by atoms with E-state index in [-0.39, 0.29) is 11.2 Å². The summed E-state index contributed by atoms with van der Waals surface area (Å²) in [6.07, 6.45) is 0. The zero-order valence-corrected chi connectivity index (χ0v) is 13.5. The molecule has 3 heteroatoms. The fraction of sp³-hybridized carbons (Fsp3) is 0.294. The summed E-state index contributed by atoms with van der Waals surface area (Å²) in [5, 5.41) is 0.556. The number of rotatable bonds is 3. The minimum Gasteiger partial charge on any atom is -0.457 e. The maximum Gasteiger partial charge on any atom is 0.131 e. The van der Waals surface area contributed by atoms with E-state index in [1.54, 1.807) is 6.07 Å². The highest BCUT2D eigenvalue weighted by molar-refractivity contribution is 9.08. The second-order valence-corrected chi connectivity index (χ2v) is 6.32. The van der Waals surface area contributed by atoms with Crippen LogP contribution in [0.2, 0.25) is 0 Å². The molecule has 2 aromatic rings. The van der Waals surface area contributed by atoms with E-state index in [1.807, 2.05) is 12.1 Å². The smallest absolute Gasteiger partial charge is 0.131 e. The van der Waals surface area contributed by atoms with Gasteiger partial charge in [-0.25, -0.2) is 4.39 Å². The molecule has 0 aromatic heterocycles. The molecule has 0 aliphatic heterocycles. The Kier molecular flexibility index (Phi) is 4.48. The topological polar surface area (TPSA) is 9.23 Å². The lowest BCUT2D eigenvalue weighted by Gasteiger charge is -2.19. The van der Waals surface area contributed by atoms with Gasteiger partial charge in [-0.05, 0) is 41.3 Å². The molecular formula is C17H18BrFO. The Morgan fingerprint density at radius 3 is 2.25 bits per heavy atom. The molecule has 1 nitrogen and oxygen atoms in total. The summed E-state index contributed by atoms with van der Waals surface area (Å²) in [5.41, 5.74) is 2.17. The summed E-state index contributed by atoms with van der Waals surface area (Å²) in [7, 11) is 0. The van der Waals surface area contributed by atoms with Gasteiger partial charge in [-0.2, -0.15) is 0 Å². The van der Waals surface area contributed by atoms with E-state index in [2.05, 4.69) is 48.8 Å². The van der Waals surface area contributed by atoms with Crippen LogP contribution in [0, 0.1) is 5.82 Å².